The normalized spacial score (nSPS) is 14.1. The highest BCUT2D eigenvalue weighted by Gasteiger charge is 2.31. The van der Waals surface area contributed by atoms with Gasteiger partial charge in [-0.05, 0) is 128 Å². The van der Waals surface area contributed by atoms with Gasteiger partial charge in [0.1, 0.15) is 23.6 Å². The van der Waals surface area contributed by atoms with Crippen LogP contribution < -0.4 is 0 Å². The van der Waals surface area contributed by atoms with Crippen LogP contribution in [0.2, 0.25) is 0 Å². The predicted octanol–water partition coefficient (Wildman–Crippen LogP) is 15.8. The van der Waals surface area contributed by atoms with Gasteiger partial charge in [0, 0.05) is 19.5 Å². The van der Waals surface area contributed by atoms with Crippen molar-refractivity contribution in [2.45, 2.75) is 117 Å². The third-order valence-electron chi connectivity index (χ3n) is 10.3. The van der Waals surface area contributed by atoms with Gasteiger partial charge in [0.05, 0.1) is 11.4 Å². The molecule has 8 heteroatoms. The van der Waals surface area contributed by atoms with Crippen LogP contribution in [0, 0.1) is 0 Å². The number of phenolic OH excluding ortho intramolecular Hbond substituents is 2. The Balaban J connectivity index is 1.47. The van der Waals surface area contributed by atoms with Crippen LogP contribution in [0.5, 0.6) is 11.5 Å². The summed E-state index contributed by atoms with van der Waals surface area (Å²) in [5.41, 5.74) is 5.96. The Kier molecular flexibility index (Phi) is 12.1. The highest BCUT2D eigenvalue weighted by Crippen LogP contribution is 2.47. The average molecular weight is 811 g/mol. The SMILES string of the molecule is CC(C)(C)c1cc(C(N=Nc2ccccc2)c2ccc(-c3ccc(C(N=Nc4ccccc4)c4cc(C(C)(C)C)c(O)c(C(C)(C)C)c4)s3)s2)cc(C(C)(C)C)c1O. The fourth-order valence-corrected chi connectivity index (χ4v) is 9.22. The molecule has 6 nitrogen and oxygen atoms in total. The molecule has 2 aromatic heterocycles. The standard InChI is InChI=1S/C50H58N4O2S2/c1-47(2,3)35-27-31(28-36(45(35)55)48(4,5)6)43(53-51-33-19-15-13-16-20-33)41-25-23-39(57-41)40-24-26-42(58-40)44(54-52-34-21-17-14-18-22-34)32-29-37(49(7,8)9)46(56)38(30-32)50(10,11)12/h13-30,43-44,55-56H,1-12H3. The zero-order valence-electron chi connectivity index (χ0n) is 36.0. The van der Waals surface area contributed by atoms with Crippen molar-refractivity contribution in [3.63, 3.8) is 0 Å². The molecular formula is C50H58N4O2S2. The number of nitrogens with zero attached hydrogens (tertiary/aromatic N) is 4. The second kappa shape index (κ2) is 16.4. The molecule has 6 aromatic rings. The van der Waals surface area contributed by atoms with Crippen LogP contribution in [0.15, 0.2) is 130 Å². The summed E-state index contributed by atoms with van der Waals surface area (Å²) in [6.45, 7) is 25.6. The molecule has 2 N–H and O–H groups in total. The van der Waals surface area contributed by atoms with E-state index in [0.717, 1.165) is 64.3 Å². The van der Waals surface area contributed by atoms with E-state index in [-0.39, 0.29) is 21.7 Å². The molecule has 0 fully saturated rings. The molecule has 2 unspecified atom stereocenters. The molecule has 0 saturated heterocycles. The van der Waals surface area contributed by atoms with E-state index in [9.17, 15) is 10.2 Å². The molecule has 0 bridgehead atoms. The maximum atomic E-state index is 11.6. The lowest BCUT2D eigenvalue weighted by molar-refractivity contribution is 0.421. The minimum atomic E-state index is -0.391. The second-order valence-corrected chi connectivity index (χ2v) is 21.5. The Morgan fingerprint density at radius 1 is 0.414 bits per heavy atom. The summed E-state index contributed by atoms with van der Waals surface area (Å²) in [5.74, 6) is 0.689. The van der Waals surface area contributed by atoms with Gasteiger partial charge in [-0.15, -0.1) is 22.7 Å². The Morgan fingerprint density at radius 3 is 0.983 bits per heavy atom. The van der Waals surface area contributed by atoms with Crippen molar-refractivity contribution in [3.05, 3.63) is 152 Å². The minimum Gasteiger partial charge on any atom is -0.507 e. The maximum absolute atomic E-state index is 11.6. The number of hydrogen-bond donors (Lipinski definition) is 2. The van der Waals surface area contributed by atoms with E-state index in [1.807, 2.05) is 60.7 Å². The van der Waals surface area contributed by atoms with Gasteiger partial charge < -0.3 is 10.2 Å². The fraction of sp³-hybridized carbons (Fsp3) is 0.360. The van der Waals surface area contributed by atoms with Crippen molar-refractivity contribution in [2.75, 3.05) is 0 Å². The Labute approximate surface area is 353 Å². The molecular weight excluding hydrogens is 753 g/mol. The van der Waals surface area contributed by atoms with Crippen LogP contribution in [-0.4, -0.2) is 10.2 Å². The van der Waals surface area contributed by atoms with E-state index in [1.165, 1.54) is 0 Å². The number of benzene rings is 4. The first-order valence-corrected chi connectivity index (χ1v) is 21.6. The van der Waals surface area contributed by atoms with Crippen molar-refractivity contribution in [1.29, 1.82) is 0 Å². The first kappa shape index (κ1) is 42.7. The summed E-state index contributed by atoms with van der Waals surface area (Å²) >= 11 is 3.41. The van der Waals surface area contributed by atoms with Gasteiger partial charge in [-0.25, -0.2) is 0 Å². The van der Waals surface area contributed by atoms with Gasteiger partial charge in [0.2, 0.25) is 0 Å². The second-order valence-electron chi connectivity index (χ2n) is 19.2. The Hall–Kier alpha value is -4.92. The van der Waals surface area contributed by atoms with Crippen molar-refractivity contribution >= 4 is 34.0 Å². The zero-order chi connectivity index (χ0) is 42.2. The Morgan fingerprint density at radius 2 is 0.707 bits per heavy atom. The lowest BCUT2D eigenvalue weighted by Crippen LogP contribution is -2.18. The third kappa shape index (κ3) is 9.67. The molecule has 302 valence electrons. The van der Waals surface area contributed by atoms with Gasteiger partial charge in [-0.1, -0.05) is 119 Å². The summed E-state index contributed by atoms with van der Waals surface area (Å²) in [5, 5.41) is 42.7. The zero-order valence-corrected chi connectivity index (χ0v) is 37.7. The first-order chi connectivity index (χ1) is 27.1. The topological polar surface area (TPSA) is 89.9 Å². The molecule has 0 aliphatic rings. The third-order valence-corrected chi connectivity index (χ3v) is 12.7. The molecule has 0 amide bonds. The molecule has 2 atom stereocenters. The summed E-state index contributed by atoms with van der Waals surface area (Å²) in [4.78, 5) is 4.34. The van der Waals surface area contributed by atoms with Crippen LogP contribution in [0.25, 0.3) is 9.75 Å². The number of azo groups is 2. The summed E-state index contributed by atoms with van der Waals surface area (Å²) in [7, 11) is 0. The summed E-state index contributed by atoms with van der Waals surface area (Å²) in [6, 6.07) is 36.0. The van der Waals surface area contributed by atoms with Crippen LogP contribution in [0.4, 0.5) is 11.4 Å². The van der Waals surface area contributed by atoms with E-state index >= 15 is 0 Å². The Bertz CT molecular complexity index is 2170. The largest absolute Gasteiger partial charge is 0.507 e. The van der Waals surface area contributed by atoms with E-state index in [0.29, 0.717) is 11.5 Å². The van der Waals surface area contributed by atoms with Gasteiger partial charge in [-0.3, -0.25) is 0 Å². The lowest BCUT2D eigenvalue weighted by Gasteiger charge is -2.29. The van der Waals surface area contributed by atoms with E-state index in [4.69, 9.17) is 20.5 Å². The monoisotopic (exact) mass is 810 g/mol. The van der Waals surface area contributed by atoms with E-state index < -0.39 is 12.1 Å². The molecule has 6 rings (SSSR count). The fourth-order valence-electron chi connectivity index (χ4n) is 6.99. The quantitative estimate of drug-likeness (QED) is 0.142. The van der Waals surface area contributed by atoms with Gasteiger partial charge >= 0.3 is 0 Å². The molecule has 2 heterocycles. The van der Waals surface area contributed by atoms with Gasteiger partial charge in [0.15, 0.2) is 0 Å². The smallest absolute Gasteiger partial charge is 0.130 e. The molecule has 0 aliphatic heterocycles. The number of rotatable bonds is 9. The summed E-state index contributed by atoms with van der Waals surface area (Å²) in [6.07, 6.45) is 0. The molecule has 0 spiro atoms. The molecule has 0 aliphatic carbocycles. The highest BCUT2D eigenvalue weighted by atomic mass is 32.1. The first-order valence-electron chi connectivity index (χ1n) is 20.0. The van der Waals surface area contributed by atoms with Crippen molar-refractivity contribution in [3.8, 4) is 21.3 Å². The van der Waals surface area contributed by atoms with E-state index in [1.54, 1.807) is 22.7 Å². The average Bonchev–Trinajstić information content (AvgIpc) is 3.83. The van der Waals surface area contributed by atoms with Crippen molar-refractivity contribution in [2.24, 2.45) is 20.5 Å². The highest BCUT2D eigenvalue weighted by molar-refractivity contribution is 7.22. The van der Waals surface area contributed by atoms with Crippen molar-refractivity contribution < 1.29 is 10.2 Å². The van der Waals surface area contributed by atoms with Crippen LogP contribution in [0.3, 0.4) is 0 Å². The maximum Gasteiger partial charge on any atom is 0.130 e. The molecule has 0 saturated carbocycles. The minimum absolute atomic E-state index is 0.289. The number of aromatic hydroxyl groups is 2. The number of thiophene rings is 2. The number of phenols is 2. The predicted molar refractivity (Wildman–Crippen MR) is 244 cm³/mol. The van der Waals surface area contributed by atoms with Crippen LogP contribution in [-0.2, 0) is 21.7 Å². The molecule has 58 heavy (non-hydrogen) atoms. The van der Waals surface area contributed by atoms with Crippen LogP contribution in [0.1, 0.15) is 138 Å². The van der Waals surface area contributed by atoms with Gasteiger partial charge in [-0.2, -0.15) is 20.5 Å². The lowest BCUT2D eigenvalue weighted by atomic mass is 9.77. The van der Waals surface area contributed by atoms with E-state index in [2.05, 4.69) is 132 Å². The molecule has 0 radical (unpaired) electrons. The van der Waals surface area contributed by atoms with Crippen LogP contribution >= 0.6 is 22.7 Å². The van der Waals surface area contributed by atoms with Crippen molar-refractivity contribution in [1.82, 2.24) is 0 Å². The summed E-state index contributed by atoms with van der Waals surface area (Å²) < 4.78 is 0. The van der Waals surface area contributed by atoms with Gasteiger partial charge in [0.25, 0.3) is 0 Å². The molecule has 4 aromatic carbocycles. The number of hydrogen-bond acceptors (Lipinski definition) is 8.